The number of imidazole rings is 1. The number of H-pyrrole nitrogens is 1. The number of nitrogens with one attached hydrogen (secondary N) is 1. The average Bonchev–Trinajstić information content (AvgIpc) is 3.46. The van der Waals surface area contributed by atoms with E-state index in [1.54, 1.807) is 18.0 Å². The highest BCUT2D eigenvalue weighted by atomic mass is 32.1. The van der Waals surface area contributed by atoms with Gasteiger partial charge < -0.3 is 9.47 Å². The lowest BCUT2D eigenvalue weighted by atomic mass is 10.00. The predicted octanol–water partition coefficient (Wildman–Crippen LogP) is 4.26. The minimum Gasteiger partial charge on any atom is -0.338 e. The maximum absolute atomic E-state index is 14.1. The topological polar surface area (TPSA) is 96.8 Å². The van der Waals surface area contributed by atoms with Crippen LogP contribution in [0.5, 0.6) is 0 Å². The van der Waals surface area contributed by atoms with Crippen LogP contribution >= 0.6 is 11.5 Å². The fourth-order valence-corrected chi connectivity index (χ4v) is 5.20. The molecule has 0 saturated heterocycles. The fourth-order valence-electron chi connectivity index (χ4n) is 4.75. The second kappa shape index (κ2) is 7.52. The van der Waals surface area contributed by atoms with Gasteiger partial charge in [0.25, 0.3) is 6.43 Å². The summed E-state index contributed by atoms with van der Waals surface area (Å²) in [5.74, 6) is 1.25. The summed E-state index contributed by atoms with van der Waals surface area (Å²) in [7, 11) is 1.76. The molecule has 174 valence electrons. The van der Waals surface area contributed by atoms with Crippen LogP contribution in [0.15, 0.2) is 29.1 Å². The number of pyridine rings is 1. The molecular formula is C23H20F2N6O2S. The highest BCUT2D eigenvalue weighted by Gasteiger charge is 2.38. The van der Waals surface area contributed by atoms with Crippen molar-refractivity contribution in [1.29, 1.82) is 0 Å². The third-order valence-corrected chi connectivity index (χ3v) is 7.07. The number of hydrogen-bond acceptors (Lipinski definition) is 6. The number of fused-ring (bicyclic) bond motifs is 2. The number of likely N-dealkylation sites (N-methyl/N-ethyl adjacent to an activating group) is 1. The Morgan fingerprint density at radius 3 is 2.65 bits per heavy atom. The van der Waals surface area contributed by atoms with E-state index in [9.17, 15) is 18.4 Å². The number of aromatic amines is 1. The SMILES string of the molecule is C[C@H]1C(=O)N(C)Cc2c(-c3cccc4nc(-c5nsc(=O)[nH]5)c(C(F)F)cc34)nc(C3CC3)n21. The van der Waals surface area contributed by atoms with Crippen LogP contribution in [0.2, 0.25) is 0 Å². The zero-order valence-electron chi connectivity index (χ0n) is 18.4. The van der Waals surface area contributed by atoms with Crippen LogP contribution in [0, 0.1) is 0 Å². The molecule has 3 aromatic heterocycles. The number of rotatable bonds is 4. The molecule has 1 amide bonds. The maximum atomic E-state index is 14.1. The molecule has 1 aliphatic carbocycles. The molecule has 1 saturated carbocycles. The van der Waals surface area contributed by atoms with Crippen molar-refractivity contribution >= 4 is 28.3 Å². The van der Waals surface area contributed by atoms with Crippen molar-refractivity contribution in [2.24, 2.45) is 0 Å². The van der Waals surface area contributed by atoms with Gasteiger partial charge in [-0.1, -0.05) is 12.1 Å². The first-order valence-electron chi connectivity index (χ1n) is 11.0. The van der Waals surface area contributed by atoms with E-state index in [1.165, 1.54) is 6.07 Å². The highest BCUT2D eigenvalue weighted by molar-refractivity contribution is 7.03. The lowest BCUT2D eigenvalue weighted by molar-refractivity contribution is -0.135. The number of aromatic nitrogens is 5. The van der Waals surface area contributed by atoms with Crippen molar-refractivity contribution in [3.05, 3.63) is 51.0 Å². The molecule has 0 bridgehead atoms. The summed E-state index contributed by atoms with van der Waals surface area (Å²) >= 11 is 0.661. The molecule has 11 heteroatoms. The molecule has 1 aromatic carbocycles. The van der Waals surface area contributed by atoms with E-state index in [0.717, 1.165) is 24.4 Å². The number of benzene rings is 1. The Kier molecular flexibility index (Phi) is 4.67. The zero-order chi connectivity index (χ0) is 23.7. The molecule has 1 aliphatic heterocycles. The quantitative estimate of drug-likeness (QED) is 0.469. The Balaban J connectivity index is 1.60. The van der Waals surface area contributed by atoms with E-state index >= 15 is 0 Å². The lowest BCUT2D eigenvalue weighted by Gasteiger charge is -2.31. The fraction of sp³-hybridized carbons (Fsp3) is 0.348. The number of hydrogen-bond donors (Lipinski definition) is 1. The van der Waals surface area contributed by atoms with Crippen LogP contribution < -0.4 is 4.87 Å². The molecule has 1 fully saturated rings. The number of carbonyl (C=O) groups is 1. The van der Waals surface area contributed by atoms with Gasteiger partial charge in [0.15, 0.2) is 5.82 Å². The first kappa shape index (κ1) is 21.1. The Hall–Kier alpha value is -3.47. The third-order valence-electron chi connectivity index (χ3n) is 6.53. The molecule has 8 nitrogen and oxygen atoms in total. The Labute approximate surface area is 196 Å². The summed E-state index contributed by atoms with van der Waals surface area (Å²) in [6.07, 6.45) is -0.768. The van der Waals surface area contributed by atoms with E-state index in [0.29, 0.717) is 46.2 Å². The smallest absolute Gasteiger partial charge is 0.323 e. The minimum absolute atomic E-state index is 0.0276. The molecule has 4 aromatic rings. The molecule has 6 rings (SSSR count). The molecule has 1 N–H and O–H groups in total. The second-order valence-corrected chi connectivity index (χ2v) is 9.56. The summed E-state index contributed by atoms with van der Waals surface area (Å²) in [4.78, 5) is 37.4. The molecule has 2 aliphatic rings. The van der Waals surface area contributed by atoms with E-state index in [4.69, 9.17) is 4.98 Å². The molecule has 0 spiro atoms. The summed E-state index contributed by atoms with van der Waals surface area (Å²) in [5.41, 5.74) is 2.43. The van der Waals surface area contributed by atoms with E-state index in [1.807, 2.05) is 23.6 Å². The standard InChI is InChI=1S/C23H20F2N6O2S/c1-10-22(32)30(2)9-16-17(27-21(31(10)16)11-6-7-11)12-4-3-5-15-13(12)8-14(19(24)25)18(26-15)20-28-23(33)34-29-20/h3-5,8,10-11,19H,6-7,9H2,1-2H3,(H,28,29,33)/t10-/m0/s1. The summed E-state index contributed by atoms with van der Waals surface area (Å²) in [6.45, 7) is 2.27. The summed E-state index contributed by atoms with van der Waals surface area (Å²) in [5, 5.41) is 0.537. The van der Waals surface area contributed by atoms with Crippen molar-refractivity contribution in [3.63, 3.8) is 0 Å². The average molecular weight is 483 g/mol. The third kappa shape index (κ3) is 3.17. The first-order chi connectivity index (χ1) is 16.3. The molecule has 0 radical (unpaired) electrons. The van der Waals surface area contributed by atoms with Crippen LogP contribution in [-0.4, -0.2) is 41.7 Å². The van der Waals surface area contributed by atoms with Gasteiger partial charge in [0.1, 0.15) is 17.6 Å². The molecule has 4 heterocycles. The minimum atomic E-state index is -2.81. The van der Waals surface area contributed by atoms with Gasteiger partial charge in [0.05, 0.1) is 23.4 Å². The van der Waals surface area contributed by atoms with Crippen LogP contribution in [0.25, 0.3) is 33.7 Å². The molecule has 34 heavy (non-hydrogen) atoms. The van der Waals surface area contributed by atoms with Crippen molar-refractivity contribution in [1.82, 2.24) is 28.8 Å². The monoisotopic (exact) mass is 482 g/mol. The normalized spacial score (nSPS) is 18.2. The first-order valence-corrected chi connectivity index (χ1v) is 11.8. The Bertz CT molecular complexity index is 1520. The van der Waals surface area contributed by atoms with Gasteiger partial charge in [-0.15, -0.1) is 0 Å². The Morgan fingerprint density at radius 2 is 1.97 bits per heavy atom. The lowest BCUT2D eigenvalue weighted by Crippen LogP contribution is -2.39. The summed E-state index contributed by atoms with van der Waals surface area (Å²) < 4.78 is 34.2. The Morgan fingerprint density at radius 1 is 1.18 bits per heavy atom. The second-order valence-electron chi connectivity index (χ2n) is 8.82. The van der Waals surface area contributed by atoms with Crippen molar-refractivity contribution in [3.8, 4) is 22.8 Å². The van der Waals surface area contributed by atoms with Gasteiger partial charge in [-0.2, -0.15) is 4.37 Å². The highest BCUT2D eigenvalue weighted by Crippen LogP contribution is 2.45. The van der Waals surface area contributed by atoms with E-state index < -0.39 is 11.3 Å². The number of carbonyl (C=O) groups excluding carboxylic acids is 1. The number of amides is 1. The van der Waals surface area contributed by atoms with E-state index in [-0.39, 0.29) is 29.0 Å². The number of nitrogens with zero attached hydrogens (tertiary/aromatic N) is 5. The molecule has 0 unspecified atom stereocenters. The number of halogens is 2. The van der Waals surface area contributed by atoms with Gasteiger partial charge in [-0.3, -0.25) is 14.6 Å². The van der Waals surface area contributed by atoms with Crippen LogP contribution in [-0.2, 0) is 11.3 Å². The predicted molar refractivity (Wildman–Crippen MR) is 123 cm³/mol. The van der Waals surface area contributed by atoms with Crippen molar-refractivity contribution < 1.29 is 13.6 Å². The van der Waals surface area contributed by atoms with Crippen molar-refractivity contribution in [2.75, 3.05) is 7.05 Å². The summed E-state index contributed by atoms with van der Waals surface area (Å²) in [6, 6.07) is 6.45. The van der Waals surface area contributed by atoms with E-state index in [2.05, 4.69) is 14.3 Å². The van der Waals surface area contributed by atoms with Gasteiger partial charge in [0.2, 0.25) is 5.91 Å². The number of alkyl halides is 2. The van der Waals surface area contributed by atoms with Gasteiger partial charge >= 0.3 is 4.87 Å². The van der Waals surface area contributed by atoms with Gasteiger partial charge in [0, 0.05) is 41.0 Å². The van der Waals surface area contributed by atoms with Gasteiger partial charge in [-0.25, -0.2) is 18.7 Å². The largest absolute Gasteiger partial charge is 0.338 e. The molecule has 1 atom stereocenters. The zero-order valence-corrected chi connectivity index (χ0v) is 19.2. The van der Waals surface area contributed by atoms with Crippen molar-refractivity contribution in [2.45, 2.75) is 44.7 Å². The van der Waals surface area contributed by atoms with Crippen LogP contribution in [0.4, 0.5) is 8.78 Å². The molecular weight excluding hydrogens is 462 g/mol. The maximum Gasteiger partial charge on any atom is 0.323 e. The van der Waals surface area contributed by atoms with Crippen LogP contribution in [0.1, 0.15) is 55.2 Å². The van der Waals surface area contributed by atoms with Crippen LogP contribution in [0.3, 0.4) is 0 Å². The van der Waals surface area contributed by atoms with Gasteiger partial charge in [-0.05, 0) is 31.9 Å².